The summed E-state index contributed by atoms with van der Waals surface area (Å²) in [7, 11) is 0. The molecule has 0 spiro atoms. The van der Waals surface area contributed by atoms with Crippen LogP contribution in [-0.2, 0) is 0 Å². The maximum atomic E-state index is 12.3. The largest absolute Gasteiger partial charge is 0.487 e. The third-order valence-electron chi connectivity index (χ3n) is 2.89. The average molecular weight is 401 g/mol. The normalized spacial score (nSPS) is 10.5. The second-order valence-electron chi connectivity index (χ2n) is 4.60. The van der Waals surface area contributed by atoms with Crippen molar-refractivity contribution in [3.8, 4) is 5.75 Å². The van der Waals surface area contributed by atoms with Crippen LogP contribution in [0.1, 0.15) is 10.4 Å². The summed E-state index contributed by atoms with van der Waals surface area (Å²) in [4.78, 5) is 22.5. The highest BCUT2D eigenvalue weighted by molar-refractivity contribution is 9.10. The Hall–Kier alpha value is -2.55. The van der Waals surface area contributed by atoms with Crippen LogP contribution in [0.15, 0.2) is 46.9 Å². The van der Waals surface area contributed by atoms with Crippen molar-refractivity contribution in [3.05, 3.63) is 62.6 Å². The van der Waals surface area contributed by atoms with Crippen molar-refractivity contribution < 1.29 is 23.2 Å². The van der Waals surface area contributed by atoms with E-state index in [1.807, 2.05) is 0 Å². The van der Waals surface area contributed by atoms with E-state index in [0.717, 1.165) is 22.7 Å². The van der Waals surface area contributed by atoms with Gasteiger partial charge in [-0.05, 0) is 30.3 Å². The number of alkyl halides is 2. The van der Waals surface area contributed by atoms with Crippen LogP contribution >= 0.6 is 15.9 Å². The first-order valence-corrected chi connectivity index (χ1v) is 7.42. The molecule has 126 valence electrons. The van der Waals surface area contributed by atoms with E-state index in [9.17, 15) is 23.7 Å². The smallest absolute Gasteiger partial charge is 0.272 e. The lowest BCUT2D eigenvalue weighted by atomic mass is 10.1. The summed E-state index contributed by atoms with van der Waals surface area (Å²) in [6.45, 7) is -0.920. The number of benzene rings is 2. The molecule has 9 heteroatoms. The average Bonchev–Trinajstić information content (AvgIpc) is 2.54. The highest BCUT2D eigenvalue weighted by Gasteiger charge is 2.19. The third kappa shape index (κ3) is 4.72. The molecule has 24 heavy (non-hydrogen) atoms. The minimum absolute atomic E-state index is 0.157. The van der Waals surface area contributed by atoms with Crippen LogP contribution in [0.2, 0.25) is 0 Å². The third-order valence-corrected chi connectivity index (χ3v) is 3.41. The minimum atomic E-state index is -2.73. The molecule has 0 radical (unpaired) electrons. The Balaban J connectivity index is 2.29. The lowest BCUT2D eigenvalue weighted by molar-refractivity contribution is -0.384. The monoisotopic (exact) mass is 400 g/mol. The van der Waals surface area contributed by atoms with Gasteiger partial charge in [0, 0.05) is 22.3 Å². The molecule has 0 heterocycles. The Morgan fingerprint density at radius 2 is 1.92 bits per heavy atom. The molecule has 0 aliphatic heterocycles. The summed E-state index contributed by atoms with van der Waals surface area (Å²) >= 11 is 3.25. The first kappa shape index (κ1) is 17.8. The number of nitro groups is 1. The molecule has 0 aliphatic rings. The molecular weight excluding hydrogens is 390 g/mol. The predicted octanol–water partition coefficient (Wildman–Crippen LogP) is 4.25. The number of carbonyl (C=O) groups excluding carboxylic acids is 1. The van der Waals surface area contributed by atoms with Crippen molar-refractivity contribution >= 4 is 33.2 Å². The van der Waals surface area contributed by atoms with Crippen LogP contribution in [-0.4, -0.2) is 23.9 Å². The molecule has 2 aromatic rings. The molecular formula is C15H11BrF2N2O4. The van der Waals surface area contributed by atoms with E-state index >= 15 is 0 Å². The van der Waals surface area contributed by atoms with E-state index in [1.165, 1.54) is 0 Å². The number of anilines is 1. The number of hydrogen-bond donors (Lipinski definition) is 1. The molecule has 1 N–H and O–H groups in total. The molecule has 0 aliphatic carbocycles. The molecule has 0 unspecified atom stereocenters. The van der Waals surface area contributed by atoms with Gasteiger partial charge in [0.05, 0.1) is 10.5 Å². The van der Waals surface area contributed by atoms with E-state index in [2.05, 4.69) is 21.2 Å². The second-order valence-corrected chi connectivity index (χ2v) is 5.52. The number of amides is 1. The first-order valence-electron chi connectivity index (χ1n) is 6.63. The Kier molecular flexibility index (Phi) is 5.80. The standard InChI is InChI=1S/C15H11BrF2N2O4/c16-9-1-3-10(4-2-9)19-15(21)12-7-11(20(22)23)5-6-13(12)24-8-14(17)18/h1-7,14H,8H2,(H,19,21). The van der Waals surface area contributed by atoms with E-state index < -0.39 is 23.9 Å². The van der Waals surface area contributed by atoms with Gasteiger partial charge >= 0.3 is 0 Å². The van der Waals surface area contributed by atoms with Gasteiger partial charge in [0.1, 0.15) is 12.4 Å². The minimum Gasteiger partial charge on any atom is -0.487 e. The van der Waals surface area contributed by atoms with Crippen LogP contribution in [0.4, 0.5) is 20.2 Å². The van der Waals surface area contributed by atoms with Crippen molar-refractivity contribution in [1.29, 1.82) is 0 Å². The SMILES string of the molecule is O=C(Nc1ccc(Br)cc1)c1cc([N+](=O)[O-])ccc1OCC(F)F. The first-order chi connectivity index (χ1) is 11.4. The number of hydrogen-bond acceptors (Lipinski definition) is 4. The van der Waals surface area contributed by atoms with Crippen LogP contribution in [0.5, 0.6) is 5.75 Å². The van der Waals surface area contributed by atoms with Crippen LogP contribution < -0.4 is 10.1 Å². The van der Waals surface area contributed by atoms with E-state index in [1.54, 1.807) is 24.3 Å². The van der Waals surface area contributed by atoms with Crippen LogP contribution in [0, 0.1) is 10.1 Å². The molecule has 0 atom stereocenters. The molecule has 0 saturated carbocycles. The van der Waals surface area contributed by atoms with E-state index in [0.29, 0.717) is 5.69 Å². The number of non-ortho nitro benzene ring substituents is 1. The fourth-order valence-corrected chi connectivity index (χ4v) is 2.08. The summed E-state index contributed by atoms with van der Waals surface area (Å²) in [6, 6.07) is 9.79. The summed E-state index contributed by atoms with van der Waals surface area (Å²) in [6.07, 6.45) is -2.73. The molecule has 1 amide bonds. The topological polar surface area (TPSA) is 81.5 Å². The fourth-order valence-electron chi connectivity index (χ4n) is 1.82. The number of rotatable bonds is 6. The summed E-state index contributed by atoms with van der Waals surface area (Å²) in [5, 5.41) is 13.4. The summed E-state index contributed by atoms with van der Waals surface area (Å²) in [5.74, 6) is -0.860. The Morgan fingerprint density at radius 1 is 1.25 bits per heavy atom. The van der Waals surface area contributed by atoms with Crippen molar-refractivity contribution in [3.63, 3.8) is 0 Å². The Bertz CT molecular complexity index is 754. The van der Waals surface area contributed by atoms with Crippen molar-refractivity contribution in [2.75, 3.05) is 11.9 Å². The van der Waals surface area contributed by atoms with Gasteiger partial charge in [0.2, 0.25) is 0 Å². The number of halogens is 3. The second kappa shape index (κ2) is 7.82. The maximum absolute atomic E-state index is 12.3. The Morgan fingerprint density at radius 3 is 2.50 bits per heavy atom. The Labute approximate surface area is 143 Å². The molecule has 0 saturated heterocycles. The van der Waals surface area contributed by atoms with Crippen LogP contribution in [0.25, 0.3) is 0 Å². The van der Waals surface area contributed by atoms with Gasteiger partial charge in [-0.2, -0.15) is 0 Å². The van der Waals surface area contributed by atoms with E-state index in [-0.39, 0.29) is 17.0 Å². The van der Waals surface area contributed by atoms with Gasteiger partial charge in [-0.15, -0.1) is 0 Å². The predicted molar refractivity (Wildman–Crippen MR) is 86.7 cm³/mol. The zero-order valence-electron chi connectivity index (χ0n) is 12.0. The van der Waals surface area contributed by atoms with Gasteiger partial charge in [-0.25, -0.2) is 8.78 Å². The van der Waals surface area contributed by atoms with Gasteiger partial charge in [0.15, 0.2) is 0 Å². The van der Waals surface area contributed by atoms with Crippen molar-refractivity contribution in [2.45, 2.75) is 6.43 Å². The molecule has 2 rings (SSSR count). The lowest BCUT2D eigenvalue weighted by Gasteiger charge is -2.11. The molecule has 0 aromatic heterocycles. The number of carbonyl (C=O) groups is 1. The molecule has 0 fully saturated rings. The van der Waals surface area contributed by atoms with E-state index in [4.69, 9.17) is 4.74 Å². The number of nitro benzene ring substituents is 1. The molecule has 0 bridgehead atoms. The van der Waals surface area contributed by atoms with Gasteiger partial charge < -0.3 is 10.1 Å². The quantitative estimate of drug-likeness (QED) is 0.580. The number of ether oxygens (including phenoxy) is 1. The van der Waals surface area contributed by atoms with Gasteiger partial charge in [-0.1, -0.05) is 15.9 Å². The number of nitrogens with one attached hydrogen (secondary N) is 1. The number of nitrogens with zero attached hydrogens (tertiary/aromatic N) is 1. The summed E-state index contributed by atoms with van der Waals surface area (Å²) in [5.41, 5.74) is -0.109. The van der Waals surface area contributed by atoms with Gasteiger partial charge in [-0.3, -0.25) is 14.9 Å². The molecule has 2 aromatic carbocycles. The fraction of sp³-hybridized carbons (Fsp3) is 0.133. The van der Waals surface area contributed by atoms with Crippen molar-refractivity contribution in [2.24, 2.45) is 0 Å². The van der Waals surface area contributed by atoms with Crippen LogP contribution in [0.3, 0.4) is 0 Å². The van der Waals surface area contributed by atoms with Gasteiger partial charge in [0.25, 0.3) is 18.0 Å². The highest BCUT2D eigenvalue weighted by Crippen LogP contribution is 2.26. The van der Waals surface area contributed by atoms with Crippen molar-refractivity contribution in [1.82, 2.24) is 0 Å². The zero-order valence-corrected chi connectivity index (χ0v) is 13.6. The summed E-state index contributed by atoms with van der Waals surface area (Å²) < 4.78 is 30.3. The molecule has 6 nitrogen and oxygen atoms in total. The zero-order chi connectivity index (χ0) is 17.7. The highest BCUT2D eigenvalue weighted by atomic mass is 79.9. The maximum Gasteiger partial charge on any atom is 0.272 e. The lowest BCUT2D eigenvalue weighted by Crippen LogP contribution is -2.16.